The lowest BCUT2D eigenvalue weighted by Gasteiger charge is -2.24. The minimum absolute atomic E-state index is 0.660. The SMILES string of the molecule is CCCC(NCC)C(C)CCc1ccc(OC)cc1. The van der Waals surface area contributed by atoms with Crippen LogP contribution in [0, 0.1) is 5.92 Å². The van der Waals surface area contributed by atoms with Gasteiger partial charge >= 0.3 is 0 Å². The van der Waals surface area contributed by atoms with Gasteiger partial charge in [0.05, 0.1) is 7.11 Å². The normalized spacial score (nSPS) is 14.1. The van der Waals surface area contributed by atoms with E-state index in [-0.39, 0.29) is 0 Å². The number of hydrogen-bond acceptors (Lipinski definition) is 2. The maximum Gasteiger partial charge on any atom is 0.118 e. The summed E-state index contributed by atoms with van der Waals surface area (Å²) in [4.78, 5) is 0. The first-order valence-electron chi connectivity index (χ1n) is 7.57. The van der Waals surface area contributed by atoms with E-state index in [4.69, 9.17) is 4.74 Å². The Morgan fingerprint density at radius 3 is 2.32 bits per heavy atom. The van der Waals surface area contributed by atoms with E-state index in [1.807, 2.05) is 12.1 Å². The van der Waals surface area contributed by atoms with E-state index in [9.17, 15) is 0 Å². The van der Waals surface area contributed by atoms with Crippen LogP contribution < -0.4 is 10.1 Å². The maximum atomic E-state index is 5.19. The molecule has 108 valence electrons. The van der Waals surface area contributed by atoms with Gasteiger partial charge < -0.3 is 10.1 Å². The predicted molar refractivity (Wildman–Crippen MR) is 82.9 cm³/mol. The van der Waals surface area contributed by atoms with Crippen LogP contribution >= 0.6 is 0 Å². The molecule has 1 aromatic carbocycles. The Morgan fingerprint density at radius 2 is 1.79 bits per heavy atom. The summed E-state index contributed by atoms with van der Waals surface area (Å²) in [6, 6.07) is 9.11. The quantitative estimate of drug-likeness (QED) is 0.726. The first-order chi connectivity index (χ1) is 9.21. The molecule has 1 aromatic rings. The van der Waals surface area contributed by atoms with Gasteiger partial charge in [-0.3, -0.25) is 0 Å². The van der Waals surface area contributed by atoms with Crippen LogP contribution in [0.3, 0.4) is 0 Å². The molecular weight excluding hydrogens is 234 g/mol. The number of aryl methyl sites for hydroxylation is 1. The topological polar surface area (TPSA) is 21.3 Å². The number of nitrogens with one attached hydrogen (secondary N) is 1. The monoisotopic (exact) mass is 263 g/mol. The average molecular weight is 263 g/mol. The second kappa shape index (κ2) is 8.98. The van der Waals surface area contributed by atoms with Gasteiger partial charge in [0.15, 0.2) is 0 Å². The van der Waals surface area contributed by atoms with Gasteiger partial charge in [0, 0.05) is 6.04 Å². The second-order valence-corrected chi connectivity index (χ2v) is 5.32. The lowest BCUT2D eigenvalue weighted by atomic mass is 9.91. The largest absolute Gasteiger partial charge is 0.497 e. The van der Waals surface area contributed by atoms with Gasteiger partial charge in [0.1, 0.15) is 5.75 Å². The third-order valence-corrected chi connectivity index (χ3v) is 3.80. The Morgan fingerprint density at radius 1 is 1.11 bits per heavy atom. The summed E-state index contributed by atoms with van der Waals surface area (Å²) in [6.45, 7) is 7.89. The van der Waals surface area contributed by atoms with Crippen molar-refractivity contribution in [2.24, 2.45) is 5.92 Å². The molecule has 2 unspecified atom stereocenters. The van der Waals surface area contributed by atoms with E-state index in [0.717, 1.165) is 24.6 Å². The molecule has 0 aliphatic heterocycles. The van der Waals surface area contributed by atoms with Crippen molar-refractivity contribution in [3.63, 3.8) is 0 Å². The van der Waals surface area contributed by atoms with Gasteiger partial charge in [-0.15, -0.1) is 0 Å². The average Bonchev–Trinajstić information content (AvgIpc) is 2.45. The molecule has 0 bridgehead atoms. The fourth-order valence-electron chi connectivity index (χ4n) is 2.55. The molecule has 1 N–H and O–H groups in total. The fourth-order valence-corrected chi connectivity index (χ4v) is 2.55. The van der Waals surface area contributed by atoms with Crippen molar-refractivity contribution in [2.75, 3.05) is 13.7 Å². The molecule has 0 spiro atoms. The summed E-state index contributed by atoms with van der Waals surface area (Å²) in [6.07, 6.45) is 4.92. The van der Waals surface area contributed by atoms with E-state index < -0.39 is 0 Å². The summed E-state index contributed by atoms with van der Waals surface area (Å²) >= 11 is 0. The highest BCUT2D eigenvalue weighted by Gasteiger charge is 2.14. The molecule has 1 rings (SSSR count). The molecule has 0 aliphatic carbocycles. The summed E-state index contributed by atoms with van der Waals surface area (Å²) in [5.41, 5.74) is 1.40. The van der Waals surface area contributed by atoms with Crippen LogP contribution in [0.25, 0.3) is 0 Å². The van der Waals surface area contributed by atoms with E-state index in [1.54, 1.807) is 7.11 Å². The first kappa shape index (κ1) is 16.0. The molecule has 2 heteroatoms. The van der Waals surface area contributed by atoms with Crippen molar-refractivity contribution in [2.45, 2.75) is 52.5 Å². The van der Waals surface area contributed by atoms with Crippen molar-refractivity contribution in [1.82, 2.24) is 5.32 Å². The van der Waals surface area contributed by atoms with Gasteiger partial charge in [-0.05, 0) is 49.4 Å². The zero-order valence-electron chi connectivity index (χ0n) is 12.9. The van der Waals surface area contributed by atoms with Crippen molar-refractivity contribution in [3.05, 3.63) is 29.8 Å². The first-order valence-corrected chi connectivity index (χ1v) is 7.57. The maximum absolute atomic E-state index is 5.19. The Kier molecular flexibility index (Phi) is 7.57. The minimum Gasteiger partial charge on any atom is -0.497 e. The molecule has 0 radical (unpaired) electrons. The number of methoxy groups -OCH3 is 1. The third kappa shape index (κ3) is 5.65. The highest BCUT2D eigenvalue weighted by Crippen LogP contribution is 2.18. The Balaban J connectivity index is 2.44. The summed E-state index contributed by atoms with van der Waals surface area (Å²) in [7, 11) is 1.71. The lowest BCUT2D eigenvalue weighted by Crippen LogP contribution is -2.34. The van der Waals surface area contributed by atoms with Crippen LogP contribution in [0.2, 0.25) is 0 Å². The Labute approximate surface area is 118 Å². The third-order valence-electron chi connectivity index (χ3n) is 3.80. The summed E-state index contributed by atoms with van der Waals surface area (Å²) in [5.74, 6) is 1.66. The second-order valence-electron chi connectivity index (χ2n) is 5.32. The molecule has 19 heavy (non-hydrogen) atoms. The Hall–Kier alpha value is -1.02. The van der Waals surface area contributed by atoms with Gasteiger partial charge in [-0.25, -0.2) is 0 Å². The van der Waals surface area contributed by atoms with Gasteiger partial charge in [0.25, 0.3) is 0 Å². The van der Waals surface area contributed by atoms with E-state index >= 15 is 0 Å². The highest BCUT2D eigenvalue weighted by atomic mass is 16.5. The minimum atomic E-state index is 0.660. The van der Waals surface area contributed by atoms with Crippen LogP contribution in [0.1, 0.15) is 45.6 Å². The van der Waals surface area contributed by atoms with Crippen molar-refractivity contribution < 1.29 is 4.74 Å². The van der Waals surface area contributed by atoms with Gasteiger partial charge in [-0.2, -0.15) is 0 Å². The van der Waals surface area contributed by atoms with Gasteiger partial charge in [-0.1, -0.05) is 39.3 Å². The van der Waals surface area contributed by atoms with Crippen LogP contribution in [-0.2, 0) is 6.42 Å². The molecule has 0 fully saturated rings. The summed E-state index contributed by atoms with van der Waals surface area (Å²) in [5, 5.41) is 3.62. The summed E-state index contributed by atoms with van der Waals surface area (Å²) < 4.78 is 5.19. The Bertz CT molecular complexity index is 328. The molecule has 2 nitrogen and oxygen atoms in total. The zero-order chi connectivity index (χ0) is 14.1. The fraction of sp³-hybridized carbons (Fsp3) is 0.647. The molecule has 0 heterocycles. The van der Waals surface area contributed by atoms with Crippen LogP contribution in [0.15, 0.2) is 24.3 Å². The molecule has 2 atom stereocenters. The zero-order valence-corrected chi connectivity index (χ0v) is 12.9. The van der Waals surface area contributed by atoms with Crippen LogP contribution in [-0.4, -0.2) is 19.7 Å². The lowest BCUT2D eigenvalue weighted by molar-refractivity contribution is 0.342. The number of benzene rings is 1. The van der Waals surface area contributed by atoms with Gasteiger partial charge in [0.2, 0.25) is 0 Å². The molecule has 0 amide bonds. The van der Waals surface area contributed by atoms with Crippen LogP contribution in [0.4, 0.5) is 0 Å². The smallest absolute Gasteiger partial charge is 0.118 e. The molecule has 0 aliphatic rings. The van der Waals surface area contributed by atoms with E-state index in [2.05, 4.69) is 38.2 Å². The standard InChI is InChI=1S/C17H29NO/c1-5-7-17(18-6-2)14(3)8-9-15-10-12-16(19-4)13-11-15/h10-14,17-18H,5-9H2,1-4H3. The highest BCUT2D eigenvalue weighted by molar-refractivity contribution is 5.27. The predicted octanol–water partition coefficient (Wildman–Crippen LogP) is 4.04. The van der Waals surface area contributed by atoms with E-state index in [1.165, 1.54) is 24.8 Å². The molecule has 0 aromatic heterocycles. The van der Waals surface area contributed by atoms with E-state index in [0.29, 0.717) is 6.04 Å². The van der Waals surface area contributed by atoms with Crippen LogP contribution in [0.5, 0.6) is 5.75 Å². The number of hydrogen-bond donors (Lipinski definition) is 1. The van der Waals surface area contributed by atoms with Crippen molar-refractivity contribution >= 4 is 0 Å². The molecule has 0 saturated carbocycles. The van der Waals surface area contributed by atoms with Crippen molar-refractivity contribution in [3.8, 4) is 5.75 Å². The number of ether oxygens (including phenoxy) is 1. The molecular formula is C17H29NO. The number of rotatable bonds is 9. The molecule has 0 saturated heterocycles. The van der Waals surface area contributed by atoms with Crippen molar-refractivity contribution in [1.29, 1.82) is 0 Å².